The van der Waals surface area contributed by atoms with Gasteiger partial charge in [-0.15, -0.1) is 16.4 Å². The fraction of sp³-hybridized carbons (Fsp3) is 0. The van der Waals surface area contributed by atoms with E-state index in [2.05, 4.69) is 31.2 Å². The van der Waals surface area contributed by atoms with Crippen molar-refractivity contribution in [1.82, 2.24) is 20.0 Å². The van der Waals surface area contributed by atoms with Crippen LogP contribution >= 0.6 is 27.3 Å². The Balaban J connectivity index is 2.27. The van der Waals surface area contributed by atoms with Gasteiger partial charge in [0.05, 0.1) is 15.5 Å². The van der Waals surface area contributed by atoms with Gasteiger partial charge >= 0.3 is 0 Å². The predicted octanol–water partition coefficient (Wildman–Crippen LogP) is 2.64. The van der Waals surface area contributed by atoms with E-state index < -0.39 is 0 Å². The Kier molecular flexibility index (Phi) is 2.03. The van der Waals surface area contributed by atoms with Gasteiger partial charge in [-0.1, -0.05) is 5.21 Å². The minimum Gasteiger partial charge on any atom is -0.262 e. The summed E-state index contributed by atoms with van der Waals surface area (Å²) in [6.07, 6.45) is 3.45. The van der Waals surface area contributed by atoms with Crippen LogP contribution in [-0.4, -0.2) is 20.0 Å². The predicted molar refractivity (Wildman–Crippen MR) is 62.2 cm³/mol. The van der Waals surface area contributed by atoms with Crippen LogP contribution in [0.4, 0.5) is 0 Å². The molecule has 0 amide bonds. The summed E-state index contributed by atoms with van der Waals surface area (Å²) in [7, 11) is 0. The van der Waals surface area contributed by atoms with E-state index in [1.165, 1.54) is 0 Å². The molecule has 0 spiro atoms. The maximum absolute atomic E-state index is 4.10. The van der Waals surface area contributed by atoms with Crippen molar-refractivity contribution in [2.45, 2.75) is 0 Å². The SMILES string of the molecule is Brc1ccc(-n2nnc3cnccc32)s1. The Bertz CT molecular complexity index is 615. The first-order chi connectivity index (χ1) is 7.34. The quantitative estimate of drug-likeness (QED) is 0.688. The molecular weight excluding hydrogens is 276 g/mol. The number of fused-ring (bicyclic) bond motifs is 1. The summed E-state index contributed by atoms with van der Waals surface area (Å²) in [5.41, 5.74) is 1.78. The molecule has 0 aliphatic carbocycles. The van der Waals surface area contributed by atoms with Crippen LogP contribution in [-0.2, 0) is 0 Å². The molecule has 0 radical (unpaired) electrons. The third kappa shape index (κ3) is 1.46. The summed E-state index contributed by atoms with van der Waals surface area (Å²) in [5.74, 6) is 0. The van der Waals surface area contributed by atoms with Crippen LogP contribution in [0.5, 0.6) is 0 Å². The maximum atomic E-state index is 4.10. The molecule has 0 aromatic carbocycles. The molecular formula is C9H5BrN4S. The number of aromatic nitrogens is 4. The van der Waals surface area contributed by atoms with E-state index in [4.69, 9.17) is 0 Å². The van der Waals surface area contributed by atoms with Crippen LogP contribution in [0.15, 0.2) is 34.4 Å². The highest BCUT2D eigenvalue weighted by Crippen LogP contribution is 2.26. The van der Waals surface area contributed by atoms with Crippen molar-refractivity contribution in [3.63, 3.8) is 0 Å². The fourth-order valence-corrected chi connectivity index (χ4v) is 2.68. The summed E-state index contributed by atoms with van der Waals surface area (Å²) < 4.78 is 2.89. The van der Waals surface area contributed by atoms with Gasteiger partial charge in [-0.05, 0) is 34.1 Å². The average Bonchev–Trinajstić information content (AvgIpc) is 2.83. The second-order valence-corrected chi connectivity index (χ2v) is 5.38. The van der Waals surface area contributed by atoms with Crippen LogP contribution in [0.3, 0.4) is 0 Å². The standard InChI is InChI=1S/C9H5BrN4S/c10-8-1-2-9(15-8)14-7-3-4-11-5-6(7)12-13-14/h1-5H. The summed E-state index contributed by atoms with van der Waals surface area (Å²) in [4.78, 5) is 4.00. The van der Waals surface area contributed by atoms with Crippen molar-refractivity contribution in [1.29, 1.82) is 0 Å². The highest BCUT2D eigenvalue weighted by atomic mass is 79.9. The van der Waals surface area contributed by atoms with E-state index in [1.54, 1.807) is 23.7 Å². The molecule has 3 rings (SSSR count). The van der Waals surface area contributed by atoms with Crippen molar-refractivity contribution in [2.24, 2.45) is 0 Å². The number of halogens is 1. The smallest absolute Gasteiger partial charge is 0.131 e. The molecule has 0 aliphatic rings. The molecule has 3 aromatic rings. The zero-order chi connectivity index (χ0) is 10.3. The maximum Gasteiger partial charge on any atom is 0.131 e. The van der Waals surface area contributed by atoms with Crippen molar-refractivity contribution >= 4 is 38.3 Å². The molecule has 0 fully saturated rings. The molecule has 0 saturated carbocycles. The number of rotatable bonds is 1. The van der Waals surface area contributed by atoms with E-state index in [0.29, 0.717) is 0 Å². The normalized spacial score (nSPS) is 11.0. The van der Waals surface area contributed by atoms with E-state index >= 15 is 0 Å². The average molecular weight is 281 g/mol. The highest BCUT2D eigenvalue weighted by molar-refractivity contribution is 9.11. The van der Waals surface area contributed by atoms with Crippen molar-refractivity contribution in [2.75, 3.05) is 0 Å². The molecule has 0 unspecified atom stereocenters. The second-order valence-electron chi connectivity index (χ2n) is 2.94. The molecule has 6 heteroatoms. The van der Waals surface area contributed by atoms with Gasteiger partial charge in [0.2, 0.25) is 0 Å². The third-order valence-electron chi connectivity index (χ3n) is 2.02. The van der Waals surface area contributed by atoms with Crippen LogP contribution in [0.1, 0.15) is 0 Å². The van der Waals surface area contributed by atoms with Crippen LogP contribution in [0, 0.1) is 0 Å². The monoisotopic (exact) mass is 280 g/mol. The Morgan fingerprint density at radius 2 is 2.20 bits per heavy atom. The van der Waals surface area contributed by atoms with Gasteiger partial charge in [0.1, 0.15) is 10.5 Å². The van der Waals surface area contributed by atoms with E-state index in [0.717, 1.165) is 19.8 Å². The van der Waals surface area contributed by atoms with Gasteiger partial charge < -0.3 is 0 Å². The summed E-state index contributed by atoms with van der Waals surface area (Å²) in [5, 5.41) is 9.18. The molecule has 0 N–H and O–H groups in total. The first-order valence-electron chi connectivity index (χ1n) is 4.26. The molecule has 3 heterocycles. The molecule has 74 valence electrons. The number of hydrogen-bond donors (Lipinski definition) is 0. The van der Waals surface area contributed by atoms with Crippen molar-refractivity contribution < 1.29 is 0 Å². The Hall–Kier alpha value is -1.27. The topological polar surface area (TPSA) is 43.6 Å². The van der Waals surface area contributed by atoms with Gasteiger partial charge in [-0.2, -0.15) is 0 Å². The molecule has 4 nitrogen and oxygen atoms in total. The Morgan fingerprint density at radius 1 is 1.27 bits per heavy atom. The van der Waals surface area contributed by atoms with Crippen molar-refractivity contribution in [3.8, 4) is 5.00 Å². The fourth-order valence-electron chi connectivity index (χ4n) is 1.36. The molecule has 0 saturated heterocycles. The largest absolute Gasteiger partial charge is 0.262 e. The Labute approximate surface area is 97.7 Å². The minimum atomic E-state index is 0.807. The minimum absolute atomic E-state index is 0.807. The molecule has 3 aromatic heterocycles. The first-order valence-corrected chi connectivity index (χ1v) is 5.87. The van der Waals surface area contributed by atoms with Gasteiger partial charge in [0.25, 0.3) is 0 Å². The number of hydrogen-bond acceptors (Lipinski definition) is 4. The molecule has 15 heavy (non-hydrogen) atoms. The lowest BCUT2D eigenvalue weighted by atomic mass is 10.4. The first kappa shape index (κ1) is 8.99. The summed E-state index contributed by atoms with van der Waals surface area (Å²) in [6.45, 7) is 0. The summed E-state index contributed by atoms with van der Waals surface area (Å²) >= 11 is 5.04. The molecule has 0 bridgehead atoms. The summed E-state index contributed by atoms with van der Waals surface area (Å²) in [6, 6.07) is 5.90. The van der Waals surface area contributed by atoms with Crippen LogP contribution < -0.4 is 0 Å². The highest BCUT2D eigenvalue weighted by Gasteiger charge is 2.07. The lowest BCUT2D eigenvalue weighted by Gasteiger charge is -1.95. The lowest BCUT2D eigenvalue weighted by molar-refractivity contribution is 0.835. The van der Waals surface area contributed by atoms with E-state index in [1.807, 2.05) is 22.9 Å². The van der Waals surface area contributed by atoms with Gasteiger partial charge in [0.15, 0.2) is 0 Å². The molecule has 0 aliphatic heterocycles. The van der Waals surface area contributed by atoms with Crippen molar-refractivity contribution in [3.05, 3.63) is 34.4 Å². The van der Waals surface area contributed by atoms with Gasteiger partial charge in [0, 0.05) is 6.20 Å². The van der Waals surface area contributed by atoms with E-state index in [-0.39, 0.29) is 0 Å². The number of pyridine rings is 1. The molecule has 0 atom stereocenters. The lowest BCUT2D eigenvalue weighted by Crippen LogP contribution is -1.92. The van der Waals surface area contributed by atoms with E-state index in [9.17, 15) is 0 Å². The van der Waals surface area contributed by atoms with Crippen LogP contribution in [0.2, 0.25) is 0 Å². The third-order valence-corrected chi connectivity index (χ3v) is 3.61. The van der Waals surface area contributed by atoms with Crippen LogP contribution in [0.25, 0.3) is 16.0 Å². The Morgan fingerprint density at radius 3 is 3.00 bits per heavy atom. The number of thiophene rings is 1. The second kappa shape index (κ2) is 3.39. The zero-order valence-electron chi connectivity index (χ0n) is 7.46. The van der Waals surface area contributed by atoms with Gasteiger partial charge in [-0.25, -0.2) is 4.68 Å². The zero-order valence-corrected chi connectivity index (χ0v) is 9.86. The van der Waals surface area contributed by atoms with Gasteiger partial charge in [-0.3, -0.25) is 4.98 Å². The number of nitrogens with zero attached hydrogens (tertiary/aromatic N) is 4.